The molecule has 0 aromatic heterocycles. The fraction of sp³-hybridized carbons (Fsp3) is 0. The Labute approximate surface area is 131 Å². The van der Waals surface area contributed by atoms with E-state index in [1.54, 1.807) is 6.07 Å². The summed E-state index contributed by atoms with van der Waals surface area (Å²) in [5.74, 6) is 5.32. The van der Waals surface area contributed by atoms with Crippen LogP contribution in [-0.2, 0) is 0 Å². The van der Waals surface area contributed by atoms with Gasteiger partial charge in [0.25, 0.3) is 5.69 Å². The van der Waals surface area contributed by atoms with Gasteiger partial charge in [-0.3, -0.25) is 16.0 Å². The van der Waals surface area contributed by atoms with Crippen molar-refractivity contribution in [2.45, 2.75) is 0 Å². The van der Waals surface area contributed by atoms with E-state index in [1.165, 1.54) is 12.1 Å². The lowest BCUT2D eigenvalue weighted by molar-refractivity contribution is -0.384. The zero-order chi connectivity index (χ0) is 14.7. The van der Waals surface area contributed by atoms with E-state index in [1.807, 2.05) is 18.2 Å². The average Bonchev–Trinajstić information content (AvgIpc) is 2.42. The van der Waals surface area contributed by atoms with Crippen LogP contribution in [0.5, 0.6) is 0 Å². The van der Waals surface area contributed by atoms with Crippen LogP contribution in [0.2, 0.25) is 0 Å². The quantitative estimate of drug-likeness (QED) is 0.406. The number of para-hydroxylation sites is 1. The summed E-state index contributed by atoms with van der Waals surface area (Å²) in [4.78, 5) is 10.4. The van der Waals surface area contributed by atoms with Crippen LogP contribution in [0.4, 0.5) is 22.7 Å². The van der Waals surface area contributed by atoms with Crippen LogP contribution < -0.4 is 16.6 Å². The van der Waals surface area contributed by atoms with E-state index in [2.05, 4.69) is 42.6 Å². The van der Waals surface area contributed by atoms with Crippen molar-refractivity contribution in [3.63, 3.8) is 0 Å². The Hall–Kier alpha value is -1.64. The van der Waals surface area contributed by atoms with Gasteiger partial charge in [-0.05, 0) is 50.1 Å². The number of hydrogen-bond donors (Lipinski definition) is 3. The van der Waals surface area contributed by atoms with E-state index in [4.69, 9.17) is 5.84 Å². The molecule has 0 aliphatic rings. The maximum absolute atomic E-state index is 10.9. The lowest BCUT2D eigenvalue weighted by Gasteiger charge is -2.12. The van der Waals surface area contributed by atoms with Gasteiger partial charge in [0, 0.05) is 26.8 Å². The third-order valence-corrected chi connectivity index (χ3v) is 3.85. The van der Waals surface area contributed by atoms with E-state index >= 15 is 0 Å². The van der Waals surface area contributed by atoms with Crippen LogP contribution in [0, 0.1) is 10.1 Å². The molecule has 2 aromatic carbocycles. The number of non-ortho nitro benzene ring substituents is 1. The van der Waals surface area contributed by atoms with Crippen LogP contribution >= 0.6 is 31.9 Å². The number of nitrogen functional groups attached to an aromatic ring is 1. The molecular formula is C12H10Br2N4O2. The zero-order valence-corrected chi connectivity index (χ0v) is 13.2. The molecule has 0 aliphatic carbocycles. The summed E-state index contributed by atoms with van der Waals surface area (Å²) in [6, 6.07) is 10.1. The molecule has 0 saturated carbocycles. The number of nitrogens with two attached hydrogens (primary N) is 1. The maximum Gasteiger partial charge on any atom is 0.273 e. The van der Waals surface area contributed by atoms with Gasteiger partial charge in [0.2, 0.25) is 0 Å². The highest BCUT2D eigenvalue weighted by molar-refractivity contribution is 9.11. The largest absolute Gasteiger partial charge is 0.353 e. The summed E-state index contributed by atoms with van der Waals surface area (Å²) >= 11 is 6.84. The molecule has 20 heavy (non-hydrogen) atoms. The normalized spacial score (nSPS) is 10.2. The van der Waals surface area contributed by atoms with Crippen molar-refractivity contribution in [1.29, 1.82) is 0 Å². The summed E-state index contributed by atoms with van der Waals surface area (Å²) < 4.78 is 1.67. The molecule has 0 radical (unpaired) electrons. The summed E-state index contributed by atoms with van der Waals surface area (Å²) in [6.07, 6.45) is 0. The third kappa shape index (κ3) is 3.27. The van der Waals surface area contributed by atoms with Crippen LogP contribution in [-0.4, -0.2) is 4.92 Å². The number of halogens is 2. The average molecular weight is 402 g/mol. The molecule has 0 aliphatic heterocycles. The molecule has 0 atom stereocenters. The second-order valence-electron chi connectivity index (χ2n) is 3.89. The molecule has 2 aromatic rings. The minimum absolute atomic E-state index is 0.0499. The Morgan fingerprint density at radius 2 is 1.70 bits per heavy atom. The van der Waals surface area contributed by atoms with E-state index in [9.17, 15) is 10.1 Å². The number of hydrogen-bond acceptors (Lipinski definition) is 5. The molecule has 6 nitrogen and oxygen atoms in total. The lowest BCUT2D eigenvalue weighted by atomic mass is 10.2. The molecule has 0 unspecified atom stereocenters. The highest BCUT2D eigenvalue weighted by Gasteiger charge is 2.11. The van der Waals surface area contributed by atoms with Gasteiger partial charge in [-0.1, -0.05) is 6.07 Å². The van der Waals surface area contributed by atoms with Gasteiger partial charge < -0.3 is 10.7 Å². The van der Waals surface area contributed by atoms with Gasteiger partial charge in [0.05, 0.1) is 16.3 Å². The van der Waals surface area contributed by atoms with Crippen molar-refractivity contribution >= 4 is 54.6 Å². The number of nitro benzene ring substituents is 1. The molecule has 4 N–H and O–H groups in total. The van der Waals surface area contributed by atoms with Gasteiger partial charge in [-0.25, -0.2) is 0 Å². The minimum atomic E-state index is -0.471. The first-order chi connectivity index (χ1) is 9.51. The fourth-order valence-corrected chi connectivity index (χ4v) is 2.83. The number of nitrogens with zero attached hydrogens (tertiary/aromatic N) is 1. The van der Waals surface area contributed by atoms with E-state index in [0.717, 1.165) is 14.6 Å². The van der Waals surface area contributed by atoms with Crippen molar-refractivity contribution in [1.82, 2.24) is 0 Å². The first-order valence-corrected chi connectivity index (χ1v) is 7.07. The number of hydrazine groups is 1. The lowest BCUT2D eigenvalue weighted by Crippen LogP contribution is -2.07. The molecule has 2 rings (SSSR count). The highest BCUT2D eigenvalue weighted by atomic mass is 79.9. The van der Waals surface area contributed by atoms with E-state index in [0.29, 0.717) is 11.4 Å². The van der Waals surface area contributed by atoms with E-state index in [-0.39, 0.29) is 5.69 Å². The van der Waals surface area contributed by atoms with Crippen molar-refractivity contribution in [2.75, 3.05) is 10.7 Å². The molecule has 0 fully saturated rings. The molecule has 0 saturated heterocycles. The molecular weight excluding hydrogens is 392 g/mol. The summed E-state index contributed by atoms with van der Waals surface area (Å²) in [6.45, 7) is 0. The monoisotopic (exact) mass is 400 g/mol. The Morgan fingerprint density at radius 3 is 2.25 bits per heavy atom. The van der Waals surface area contributed by atoms with Crippen LogP contribution in [0.3, 0.4) is 0 Å². The molecule has 0 bridgehead atoms. The number of nitro groups is 1. The maximum atomic E-state index is 10.9. The van der Waals surface area contributed by atoms with Gasteiger partial charge >= 0.3 is 0 Å². The van der Waals surface area contributed by atoms with Crippen molar-refractivity contribution < 1.29 is 4.92 Å². The SMILES string of the molecule is NNc1cc(Nc2c(Br)cccc2Br)cc([N+](=O)[O-])c1. The summed E-state index contributed by atoms with van der Waals surface area (Å²) in [5, 5.41) is 14.0. The van der Waals surface area contributed by atoms with Crippen molar-refractivity contribution in [2.24, 2.45) is 5.84 Å². The van der Waals surface area contributed by atoms with Crippen molar-refractivity contribution in [3.05, 3.63) is 55.5 Å². The topological polar surface area (TPSA) is 93.2 Å². The number of benzene rings is 2. The number of anilines is 3. The fourth-order valence-electron chi connectivity index (χ4n) is 1.63. The van der Waals surface area contributed by atoms with Gasteiger partial charge in [0.15, 0.2) is 0 Å². The minimum Gasteiger partial charge on any atom is -0.353 e. The summed E-state index contributed by atoms with van der Waals surface area (Å²) in [7, 11) is 0. The first-order valence-electron chi connectivity index (χ1n) is 5.48. The number of nitrogens with one attached hydrogen (secondary N) is 2. The Bertz CT molecular complexity index is 644. The molecule has 0 spiro atoms. The summed E-state index contributed by atoms with van der Waals surface area (Å²) in [5.41, 5.74) is 4.14. The van der Waals surface area contributed by atoms with Crippen molar-refractivity contribution in [3.8, 4) is 0 Å². The second kappa shape index (κ2) is 6.21. The Kier molecular flexibility index (Phi) is 4.58. The highest BCUT2D eigenvalue weighted by Crippen LogP contribution is 2.34. The predicted molar refractivity (Wildman–Crippen MR) is 86.0 cm³/mol. The molecule has 104 valence electrons. The van der Waals surface area contributed by atoms with Crippen LogP contribution in [0.1, 0.15) is 0 Å². The molecule has 0 amide bonds. The van der Waals surface area contributed by atoms with Crippen LogP contribution in [0.15, 0.2) is 45.3 Å². The smallest absolute Gasteiger partial charge is 0.273 e. The first kappa shape index (κ1) is 14.8. The van der Waals surface area contributed by atoms with Gasteiger partial charge in [0.1, 0.15) is 0 Å². The van der Waals surface area contributed by atoms with Gasteiger partial charge in [-0.2, -0.15) is 0 Å². The Balaban J connectivity index is 2.43. The van der Waals surface area contributed by atoms with Crippen LogP contribution in [0.25, 0.3) is 0 Å². The standard InChI is InChI=1S/C12H10Br2N4O2/c13-10-2-1-3-11(14)12(10)16-7-4-8(17-15)6-9(5-7)18(19)20/h1-6,16-17H,15H2. The Morgan fingerprint density at radius 1 is 1.10 bits per heavy atom. The van der Waals surface area contributed by atoms with E-state index < -0.39 is 4.92 Å². The zero-order valence-electron chi connectivity index (χ0n) is 10.1. The molecule has 8 heteroatoms. The number of rotatable bonds is 4. The second-order valence-corrected chi connectivity index (χ2v) is 5.60. The predicted octanol–water partition coefficient (Wildman–Crippen LogP) is 4.15. The third-order valence-electron chi connectivity index (χ3n) is 2.53. The molecule has 0 heterocycles. The van der Waals surface area contributed by atoms with Gasteiger partial charge in [-0.15, -0.1) is 0 Å².